The third-order valence-electron chi connectivity index (χ3n) is 4.15. The van der Waals surface area contributed by atoms with Crippen LogP contribution in [0.5, 0.6) is 0 Å². The van der Waals surface area contributed by atoms with Crippen LogP contribution in [-0.4, -0.2) is 25.9 Å². The Morgan fingerprint density at radius 1 is 0.786 bits per heavy atom. The summed E-state index contributed by atoms with van der Waals surface area (Å²) >= 11 is 6.08. The van der Waals surface area contributed by atoms with E-state index in [0.717, 1.165) is 5.69 Å². The molecule has 3 rings (SSSR count). The molecule has 3 aromatic carbocycles. The minimum atomic E-state index is -0.335. The number of nitrogens with one attached hydrogen (secondary N) is 2. The lowest BCUT2D eigenvalue weighted by Crippen LogP contribution is -2.16. The Morgan fingerprint density at radius 2 is 1.39 bits per heavy atom. The molecule has 6 heteroatoms. The molecular weight excluding hydrogens is 374 g/mol. The van der Waals surface area contributed by atoms with Crippen molar-refractivity contribution in [3.63, 3.8) is 0 Å². The zero-order valence-electron chi connectivity index (χ0n) is 15.6. The fourth-order valence-corrected chi connectivity index (χ4v) is 2.79. The van der Waals surface area contributed by atoms with E-state index in [9.17, 15) is 9.59 Å². The number of carbonyl (C=O) groups is 2. The van der Waals surface area contributed by atoms with Crippen LogP contribution in [-0.2, 0) is 0 Å². The lowest BCUT2D eigenvalue weighted by Gasteiger charge is -2.13. The summed E-state index contributed by atoms with van der Waals surface area (Å²) in [7, 11) is 3.90. The average Bonchev–Trinajstić information content (AvgIpc) is 2.70. The van der Waals surface area contributed by atoms with E-state index >= 15 is 0 Å². The summed E-state index contributed by atoms with van der Waals surface area (Å²) in [5.74, 6) is -0.622. The molecule has 0 atom stereocenters. The molecule has 3 aromatic rings. The predicted octanol–water partition coefficient (Wildman–Crippen LogP) is 4.91. The van der Waals surface area contributed by atoms with E-state index in [1.54, 1.807) is 48.5 Å². The van der Waals surface area contributed by atoms with Crippen LogP contribution in [0.2, 0.25) is 5.02 Å². The molecular formula is C22H20ClN3O2. The number of para-hydroxylation sites is 1. The second-order valence-electron chi connectivity index (χ2n) is 6.41. The Kier molecular flexibility index (Phi) is 5.96. The summed E-state index contributed by atoms with van der Waals surface area (Å²) in [4.78, 5) is 27.0. The van der Waals surface area contributed by atoms with Crippen LogP contribution in [0.15, 0.2) is 72.8 Å². The van der Waals surface area contributed by atoms with E-state index in [0.29, 0.717) is 27.5 Å². The SMILES string of the molecule is CN(C)c1ccc(NC(=O)c2cccc(C(=O)Nc3ccccc3Cl)c2)cc1. The maximum atomic E-state index is 12.5. The van der Waals surface area contributed by atoms with Gasteiger partial charge >= 0.3 is 0 Å². The fraction of sp³-hybridized carbons (Fsp3) is 0.0909. The van der Waals surface area contributed by atoms with Crippen molar-refractivity contribution in [1.29, 1.82) is 0 Å². The van der Waals surface area contributed by atoms with Crippen LogP contribution in [0.1, 0.15) is 20.7 Å². The van der Waals surface area contributed by atoms with Crippen molar-refractivity contribution in [3.05, 3.63) is 88.9 Å². The Bertz CT molecular complexity index is 1000. The topological polar surface area (TPSA) is 61.4 Å². The summed E-state index contributed by atoms with van der Waals surface area (Å²) in [6, 6.07) is 21.0. The highest BCUT2D eigenvalue weighted by molar-refractivity contribution is 6.33. The van der Waals surface area contributed by atoms with Gasteiger partial charge in [-0.1, -0.05) is 29.8 Å². The number of nitrogens with zero attached hydrogens (tertiary/aromatic N) is 1. The highest BCUT2D eigenvalue weighted by atomic mass is 35.5. The smallest absolute Gasteiger partial charge is 0.255 e. The molecule has 0 saturated heterocycles. The van der Waals surface area contributed by atoms with Gasteiger partial charge in [-0.25, -0.2) is 0 Å². The third-order valence-corrected chi connectivity index (χ3v) is 4.48. The van der Waals surface area contributed by atoms with Crippen LogP contribution < -0.4 is 15.5 Å². The molecule has 0 heterocycles. The van der Waals surface area contributed by atoms with E-state index in [4.69, 9.17) is 11.6 Å². The molecule has 0 unspecified atom stereocenters. The highest BCUT2D eigenvalue weighted by Crippen LogP contribution is 2.21. The standard InChI is InChI=1S/C22H20ClN3O2/c1-26(2)18-12-10-17(11-13-18)24-21(27)15-6-5-7-16(14-15)22(28)25-20-9-4-3-8-19(20)23/h3-14H,1-2H3,(H,24,27)(H,25,28). The molecule has 2 N–H and O–H groups in total. The largest absolute Gasteiger partial charge is 0.378 e. The van der Waals surface area contributed by atoms with Gasteiger partial charge in [-0.05, 0) is 54.6 Å². The number of benzene rings is 3. The zero-order valence-corrected chi connectivity index (χ0v) is 16.3. The first kappa shape index (κ1) is 19.5. The molecule has 0 bridgehead atoms. The first-order chi connectivity index (χ1) is 13.4. The van der Waals surface area contributed by atoms with Crippen molar-refractivity contribution in [1.82, 2.24) is 0 Å². The van der Waals surface area contributed by atoms with Crippen LogP contribution in [0.25, 0.3) is 0 Å². The summed E-state index contributed by atoms with van der Waals surface area (Å²) in [6.07, 6.45) is 0. The lowest BCUT2D eigenvalue weighted by molar-refractivity contribution is 0.102. The number of halogens is 1. The second kappa shape index (κ2) is 8.59. The number of rotatable bonds is 5. The molecule has 5 nitrogen and oxygen atoms in total. The van der Waals surface area contributed by atoms with Crippen molar-refractivity contribution in [3.8, 4) is 0 Å². The first-order valence-electron chi connectivity index (χ1n) is 8.69. The van der Waals surface area contributed by atoms with Crippen LogP contribution in [0, 0.1) is 0 Å². The van der Waals surface area contributed by atoms with Gasteiger partial charge in [0.2, 0.25) is 0 Å². The molecule has 0 saturated carbocycles. The Morgan fingerprint density at radius 3 is 2.00 bits per heavy atom. The molecule has 0 fully saturated rings. The molecule has 28 heavy (non-hydrogen) atoms. The first-order valence-corrected chi connectivity index (χ1v) is 9.06. The number of hydrogen-bond donors (Lipinski definition) is 2. The molecule has 2 amide bonds. The van der Waals surface area contributed by atoms with Gasteiger partial charge in [0.15, 0.2) is 0 Å². The molecule has 0 aromatic heterocycles. The van der Waals surface area contributed by atoms with E-state index < -0.39 is 0 Å². The van der Waals surface area contributed by atoms with Gasteiger partial charge in [0.25, 0.3) is 11.8 Å². The molecule has 0 aliphatic carbocycles. The van der Waals surface area contributed by atoms with E-state index in [-0.39, 0.29) is 11.8 Å². The summed E-state index contributed by atoms with van der Waals surface area (Å²) in [5, 5.41) is 6.04. The van der Waals surface area contributed by atoms with Crippen LogP contribution >= 0.6 is 11.6 Å². The maximum Gasteiger partial charge on any atom is 0.255 e. The highest BCUT2D eigenvalue weighted by Gasteiger charge is 2.12. The van der Waals surface area contributed by atoms with Crippen LogP contribution in [0.4, 0.5) is 17.1 Å². The number of carbonyl (C=O) groups excluding carboxylic acids is 2. The second-order valence-corrected chi connectivity index (χ2v) is 6.82. The Balaban J connectivity index is 1.72. The summed E-state index contributed by atoms with van der Waals surface area (Å²) < 4.78 is 0. The quantitative estimate of drug-likeness (QED) is 0.647. The molecule has 0 aliphatic heterocycles. The maximum absolute atomic E-state index is 12.5. The van der Waals surface area contributed by atoms with E-state index in [2.05, 4.69) is 10.6 Å². The van der Waals surface area contributed by atoms with Gasteiger partial charge in [0.1, 0.15) is 0 Å². The van der Waals surface area contributed by atoms with Gasteiger partial charge in [-0.3, -0.25) is 9.59 Å². The van der Waals surface area contributed by atoms with Gasteiger partial charge in [-0.15, -0.1) is 0 Å². The van der Waals surface area contributed by atoms with Crippen molar-refractivity contribution in [2.45, 2.75) is 0 Å². The molecule has 0 aliphatic rings. The van der Waals surface area contributed by atoms with Gasteiger partial charge in [-0.2, -0.15) is 0 Å². The molecule has 142 valence electrons. The fourth-order valence-electron chi connectivity index (χ4n) is 2.60. The Labute approximate surface area is 168 Å². The monoisotopic (exact) mass is 393 g/mol. The lowest BCUT2D eigenvalue weighted by atomic mass is 10.1. The van der Waals surface area contributed by atoms with Crippen molar-refractivity contribution in [2.75, 3.05) is 29.6 Å². The minimum Gasteiger partial charge on any atom is -0.378 e. The minimum absolute atomic E-state index is 0.287. The third kappa shape index (κ3) is 4.69. The van der Waals surface area contributed by atoms with E-state index in [1.807, 2.05) is 43.3 Å². The molecule has 0 radical (unpaired) electrons. The number of hydrogen-bond acceptors (Lipinski definition) is 3. The van der Waals surface area contributed by atoms with Crippen LogP contribution in [0.3, 0.4) is 0 Å². The van der Waals surface area contributed by atoms with Gasteiger partial charge in [0.05, 0.1) is 10.7 Å². The van der Waals surface area contributed by atoms with Gasteiger partial charge < -0.3 is 15.5 Å². The summed E-state index contributed by atoms with van der Waals surface area (Å²) in [5.41, 5.74) is 3.00. The zero-order chi connectivity index (χ0) is 20.1. The van der Waals surface area contributed by atoms with Crippen molar-refractivity contribution < 1.29 is 9.59 Å². The van der Waals surface area contributed by atoms with Gasteiger partial charge in [0, 0.05) is 36.6 Å². The normalized spacial score (nSPS) is 10.2. The van der Waals surface area contributed by atoms with Crippen molar-refractivity contribution in [2.24, 2.45) is 0 Å². The van der Waals surface area contributed by atoms with E-state index in [1.165, 1.54) is 0 Å². The predicted molar refractivity (Wildman–Crippen MR) is 115 cm³/mol. The molecule has 0 spiro atoms. The van der Waals surface area contributed by atoms with Crippen molar-refractivity contribution >= 4 is 40.5 Å². The average molecular weight is 394 g/mol. The number of anilines is 3. The number of amides is 2. The summed E-state index contributed by atoms with van der Waals surface area (Å²) in [6.45, 7) is 0. The Hall–Kier alpha value is -3.31.